The van der Waals surface area contributed by atoms with Crippen molar-refractivity contribution in [3.63, 3.8) is 0 Å². The minimum Gasteiger partial charge on any atom is -0.465 e. The van der Waals surface area contributed by atoms with E-state index in [1.54, 1.807) is 24.3 Å². The monoisotopic (exact) mass is 388 g/mol. The van der Waals surface area contributed by atoms with Crippen molar-refractivity contribution in [2.75, 3.05) is 18.4 Å². The Balaban J connectivity index is 1.63. The lowest BCUT2D eigenvalue weighted by molar-refractivity contribution is 0.102. The molecule has 7 heteroatoms. The first-order valence-corrected chi connectivity index (χ1v) is 9.34. The highest BCUT2D eigenvalue weighted by molar-refractivity contribution is 6.05. The van der Waals surface area contributed by atoms with Crippen molar-refractivity contribution >= 4 is 28.6 Å². The second-order valence-corrected chi connectivity index (χ2v) is 7.29. The molecule has 1 aromatic heterocycles. The van der Waals surface area contributed by atoms with Crippen molar-refractivity contribution in [1.82, 2.24) is 9.47 Å². The summed E-state index contributed by atoms with van der Waals surface area (Å²) in [5.74, 6) is -0.148. The molecule has 0 radical (unpaired) electrons. The third-order valence-corrected chi connectivity index (χ3v) is 5.43. The molecule has 2 aromatic carbocycles. The lowest BCUT2D eigenvalue weighted by Crippen LogP contribution is -2.26. The fourth-order valence-electron chi connectivity index (χ4n) is 3.95. The highest BCUT2D eigenvalue weighted by Gasteiger charge is 2.29. The first-order chi connectivity index (χ1) is 14.0. The maximum Gasteiger partial charge on any atom is 0.407 e. The van der Waals surface area contributed by atoms with Gasteiger partial charge >= 0.3 is 6.09 Å². The molecule has 29 heavy (non-hydrogen) atoms. The van der Waals surface area contributed by atoms with E-state index in [0.717, 1.165) is 22.9 Å². The molecule has 0 aliphatic carbocycles. The van der Waals surface area contributed by atoms with Crippen LogP contribution in [0.25, 0.3) is 10.9 Å². The number of carbonyl (C=O) groups excluding carboxylic acids is 1. The largest absolute Gasteiger partial charge is 0.465 e. The molecular weight excluding hydrogens is 368 g/mol. The van der Waals surface area contributed by atoms with Gasteiger partial charge in [-0.1, -0.05) is 6.07 Å². The van der Waals surface area contributed by atoms with E-state index in [1.807, 2.05) is 42.1 Å². The Labute approximate surface area is 167 Å². The van der Waals surface area contributed by atoms with Gasteiger partial charge in [-0.3, -0.25) is 4.79 Å². The van der Waals surface area contributed by atoms with Crippen LogP contribution in [0.4, 0.5) is 10.5 Å². The van der Waals surface area contributed by atoms with Crippen molar-refractivity contribution in [3.8, 4) is 6.07 Å². The van der Waals surface area contributed by atoms with Crippen molar-refractivity contribution in [1.29, 1.82) is 5.26 Å². The van der Waals surface area contributed by atoms with Crippen molar-refractivity contribution in [3.05, 3.63) is 65.4 Å². The molecule has 3 aromatic rings. The zero-order valence-corrected chi connectivity index (χ0v) is 15.9. The van der Waals surface area contributed by atoms with Crippen molar-refractivity contribution < 1.29 is 14.7 Å². The fraction of sp³-hybridized carbons (Fsp3) is 0.227. The molecule has 0 saturated carbocycles. The molecule has 1 unspecified atom stereocenters. The predicted molar refractivity (Wildman–Crippen MR) is 109 cm³/mol. The zero-order chi connectivity index (χ0) is 20.5. The lowest BCUT2D eigenvalue weighted by Gasteiger charge is -2.12. The van der Waals surface area contributed by atoms with Crippen LogP contribution in [0.3, 0.4) is 0 Å². The van der Waals surface area contributed by atoms with Crippen LogP contribution in [0.5, 0.6) is 0 Å². The highest BCUT2D eigenvalue weighted by Crippen LogP contribution is 2.35. The number of carboxylic acid groups (broad SMARTS) is 1. The molecule has 4 rings (SSSR count). The quantitative estimate of drug-likeness (QED) is 0.713. The van der Waals surface area contributed by atoms with E-state index in [-0.39, 0.29) is 11.8 Å². The molecule has 1 aliphatic heterocycles. The summed E-state index contributed by atoms with van der Waals surface area (Å²) in [7, 11) is 1.96. The Morgan fingerprint density at radius 2 is 2.07 bits per heavy atom. The van der Waals surface area contributed by atoms with E-state index in [4.69, 9.17) is 5.26 Å². The van der Waals surface area contributed by atoms with Crippen LogP contribution in [0.1, 0.15) is 33.8 Å². The predicted octanol–water partition coefficient (Wildman–Crippen LogP) is 3.77. The second kappa shape index (κ2) is 7.32. The third-order valence-electron chi connectivity index (χ3n) is 5.43. The summed E-state index contributed by atoms with van der Waals surface area (Å²) in [5.41, 5.74) is 3.63. The van der Waals surface area contributed by atoms with Crippen molar-refractivity contribution in [2.24, 2.45) is 7.05 Å². The Morgan fingerprint density at radius 3 is 2.79 bits per heavy atom. The number of aromatic nitrogens is 1. The number of carbonyl (C=O) groups is 2. The SMILES string of the molecule is Cn1cc(C2CCN(C(=O)O)C2)c2cc(NC(=O)c3cccc(C#N)c3)ccc21. The molecule has 0 spiro atoms. The molecule has 1 atom stereocenters. The van der Waals surface area contributed by atoms with Crippen LogP contribution < -0.4 is 5.32 Å². The number of benzene rings is 2. The number of amides is 2. The average molecular weight is 388 g/mol. The summed E-state index contributed by atoms with van der Waals surface area (Å²) in [6, 6.07) is 14.3. The molecule has 1 saturated heterocycles. The Kier molecular flexibility index (Phi) is 4.69. The number of hydrogen-bond acceptors (Lipinski definition) is 3. The minimum absolute atomic E-state index is 0.132. The fourth-order valence-corrected chi connectivity index (χ4v) is 3.95. The van der Waals surface area contributed by atoms with Crippen LogP contribution >= 0.6 is 0 Å². The first kappa shape index (κ1) is 18.6. The number of nitrogens with one attached hydrogen (secondary N) is 1. The van der Waals surface area contributed by atoms with Crippen LogP contribution in [-0.4, -0.2) is 39.7 Å². The van der Waals surface area contributed by atoms with E-state index >= 15 is 0 Å². The van der Waals surface area contributed by atoms with Gasteiger partial charge in [0, 0.05) is 54.4 Å². The standard InChI is InChI=1S/C22H20N4O3/c1-25-13-19(16-7-8-26(12-16)22(28)29)18-10-17(5-6-20(18)25)24-21(27)15-4-2-3-14(9-15)11-23/h2-6,9-10,13,16H,7-8,12H2,1H3,(H,24,27)(H,28,29). The van der Waals surface area contributed by atoms with Gasteiger partial charge in [0.15, 0.2) is 0 Å². The number of aryl methyl sites for hydroxylation is 1. The van der Waals surface area contributed by atoms with Gasteiger partial charge in [0.2, 0.25) is 0 Å². The average Bonchev–Trinajstić information content (AvgIpc) is 3.33. The highest BCUT2D eigenvalue weighted by atomic mass is 16.4. The molecule has 0 bridgehead atoms. The number of hydrogen-bond donors (Lipinski definition) is 2. The number of likely N-dealkylation sites (tertiary alicyclic amines) is 1. The van der Waals surface area contributed by atoms with Crippen LogP contribution in [0.2, 0.25) is 0 Å². The van der Waals surface area contributed by atoms with Gasteiger partial charge in [-0.2, -0.15) is 5.26 Å². The van der Waals surface area contributed by atoms with Crippen LogP contribution in [-0.2, 0) is 7.05 Å². The van der Waals surface area contributed by atoms with Crippen molar-refractivity contribution in [2.45, 2.75) is 12.3 Å². The molecular formula is C22H20N4O3. The summed E-state index contributed by atoms with van der Waals surface area (Å²) < 4.78 is 2.02. The molecule has 2 amide bonds. The van der Waals surface area contributed by atoms with Gasteiger partial charge in [-0.05, 0) is 48.4 Å². The molecule has 1 fully saturated rings. The van der Waals surface area contributed by atoms with Gasteiger partial charge in [0.05, 0.1) is 11.6 Å². The Hall–Kier alpha value is -3.79. The van der Waals surface area contributed by atoms with Crippen LogP contribution in [0.15, 0.2) is 48.7 Å². The maximum atomic E-state index is 12.6. The van der Waals surface area contributed by atoms with E-state index in [0.29, 0.717) is 29.9 Å². The van der Waals surface area contributed by atoms with E-state index in [2.05, 4.69) is 5.32 Å². The van der Waals surface area contributed by atoms with Crippen LogP contribution in [0, 0.1) is 11.3 Å². The van der Waals surface area contributed by atoms with E-state index in [9.17, 15) is 14.7 Å². The first-order valence-electron chi connectivity index (χ1n) is 9.34. The van der Waals surface area contributed by atoms with E-state index < -0.39 is 6.09 Å². The number of nitriles is 1. The summed E-state index contributed by atoms with van der Waals surface area (Å²) in [6.45, 7) is 1.01. The smallest absolute Gasteiger partial charge is 0.407 e. The summed E-state index contributed by atoms with van der Waals surface area (Å²) in [4.78, 5) is 25.3. The summed E-state index contributed by atoms with van der Waals surface area (Å²) in [5, 5.41) is 22.2. The van der Waals surface area contributed by atoms with Gasteiger partial charge in [0.1, 0.15) is 0 Å². The molecule has 2 heterocycles. The zero-order valence-electron chi connectivity index (χ0n) is 15.9. The molecule has 2 N–H and O–H groups in total. The Morgan fingerprint density at radius 1 is 1.24 bits per heavy atom. The normalized spacial score (nSPS) is 16.0. The molecule has 7 nitrogen and oxygen atoms in total. The number of fused-ring (bicyclic) bond motifs is 1. The van der Waals surface area contributed by atoms with Gasteiger partial charge < -0.3 is 19.9 Å². The second-order valence-electron chi connectivity index (χ2n) is 7.29. The summed E-state index contributed by atoms with van der Waals surface area (Å²) >= 11 is 0. The van der Waals surface area contributed by atoms with Gasteiger partial charge in [0.25, 0.3) is 5.91 Å². The topological polar surface area (TPSA) is 98.4 Å². The third kappa shape index (κ3) is 3.52. The van der Waals surface area contributed by atoms with Gasteiger partial charge in [-0.25, -0.2) is 4.79 Å². The molecule has 146 valence electrons. The number of anilines is 1. The van der Waals surface area contributed by atoms with Gasteiger partial charge in [-0.15, -0.1) is 0 Å². The Bertz CT molecular complexity index is 1160. The maximum absolute atomic E-state index is 12.6. The van der Waals surface area contributed by atoms with E-state index in [1.165, 1.54) is 4.90 Å². The number of nitrogens with zero attached hydrogens (tertiary/aromatic N) is 3. The minimum atomic E-state index is -0.889. The summed E-state index contributed by atoms with van der Waals surface area (Å²) in [6.07, 6.45) is 1.94. The number of rotatable bonds is 3. The lowest BCUT2D eigenvalue weighted by atomic mass is 9.97. The molecule has 1 aliphatic rings.